The molecule has 0 aromatic heterocycles. The van der Waals surface area contributed by atoms with Gasteiger partial charge in [0.2, 0.25) is 5.91 Å². The Morgan fingerprint density at radius 1 is 1.39 bits per heavy atom. The summed E-state index contributed by atoms with van der Waals surface area (Å²) in [5, 5.41) is 10.1. The first-order chi connectivity index (χ1) is 8.68. The van der Waals surface area contributed by atoms with Crippen LogP contribution in [-0.4, -0.2) is 29.0 Å². The average molecular weight is 247 g/mol. The summed E-state index contributed by atoms with van der Waals surface area (Å²) in [7, 11) is 0. The van der Waals surface area contributed by atoms with Gasteiger partial charge < -0.3 is 10.0 Å². The van der Waals surface area contributed by atoms with Gasteiger partial charge in [-0.2, -0.15) is 0 Å². The number of aliphatic hydroxyl groups excluding tert-OH is 1. The summed E-state index contributed by atoms with van der Waals surface area (Å²) in [6.45, 7) is 3.48. The number of carbonyl (C=O) groups is 1. The van der Waals surface area contributed by atoms with E-state index in [1.807, 2.05) is 42.2 Å². The highest BCUT2D eigenvalue weighted by atomic mass is 16.3. The predicted octanol–water partition coefficient (Wildman–Crippen LogP) is 2.37. The largest absolute Gasteiger partial charge is 0.388 e. The molecule has 0 bridgehead atoms. The van der Waals surface area contributed by atoms with Crippen molar-refractivity contribution >= 4 is 5.91 Å². The topological polar surface area (TPSA) is 40.5 Å². The van der Waals surface area contributed by atoms with Crippen LogP contribution in [0.4, 0.5) is 0 Å². The number of hydrogen-bond donors (Lipinski definition) is 1. The lowest BCUT2D eigenvalue weighted by Gasteiger charge is -2.31. The molecule has 0 saturated carbocycles. The molecule has 3 nitrogen and oxygen atoms in total. The van der Waals surface area contributed by atoms with E-state index in [1.54, 1.807) is 0 Å². The van der Waals surface area contributed by atoms with E-state index in [1.165, 1.54) is 0 Å². The zero-order chi connectivity index (χ0) is 13.0. The van der Waals surface area contributed by atoms with Gasteiger partial charge in [0, 0.05) is 19.0 Å². The lowest BCUT2D eigenvalue weighted by atomic mass is 9.98. The molecule has 2 atom stereocenters. The molecule has 0 radical (unpaired) electrons. The number of nitrogens with zero attached hydrogens (tertiary/aromatic N) is 1. The van der Waals surface area contributed by atoms with Gasteiger partial charge in [-0.15, -0.1) is 0 Å². The monoisotopic (exact) mass is 247 g/mol. The van der Waals surface area contributed by atoms with Crippen molar-refractivity contribution in [2.24, 2.45) is 5.92 Å². The molecule has 1 aromatic carbocycles. The highest BCUT2D eigenvalue weighted by molar-refractivity contribution is 5.79. The standard InChI is InChI=1S/C15H21NO2/c1-12-6-5-10-16(15(12)18)11-9-14(17)13-7-3-2-4-8-13/h2-4,7-8,12,14,17H,5-6,9-11H2,1H3. The van der Waals surface area contributed by atoms with Crippen LogP contribution >= 0.6 is 0 Å². The lowest BCUT2D eigenvalue weighted by Crippen LogP contribution is -2.41. The fourth-order valence-electron chi connectivity index (χ4n) is 2.48. The quantitative estimate of drug-likeness (QED) is 0.887. The van der Waals surface area contributed by atoms with E-state index < -0.39 is 6.10 Å². The van der Waals surface area contributed by atoms with Gasteiger partial charge in [0.05, 0.1) is 6.10 Å². The van der Waals surface area contributed by atoms with Crippen LogP contribution < -0.4 is 0 Å². The molecule has 1 saturated heterocycles. The van der Waals surface area contributed by atoms with Gasteiger partial charge in [0.15, 0.2) is 0 Å². The highest BCUT2D eigenvalue weighted by Gasteiger charge is 2.25. The van der Waals surface area contributed by atoms with E-state index >= 15 is 0 Å². The minimum atomic E-state index is -0.476. The first-order valence-electron chi connectivity index (χ1n) is 6.70. The lowest BCUT2D eigenvalue weighted by molar-refractivity contribution is -0.138. The van der Waals surface area contributed by atoms with Crippen LogP contribution in [0.25, 0.3) is 0 Å². The Morgan fingerprint density at radius 2 is 2.11 bits per heavy atom. The van der Waals surface area contributed by atoms with Gasteiger partial charge in [-0.25, -0.2) is 0 Å². The fourth-order valence-corrected chi connectivity index (χ4v) is 2.48. The Balaban J connectivity index is 1.86. The maximum Gasteiger partial charge on any atom is 0.225 e. The van der Waals surface area contributed by atoms with Crippen molar-refractivity contribution in [1.29, 1.82) is 0 Å². The highest BCUT2D eigenvalue weighted by Crippen LogP contribution is 2.20. The average Bonchev–Trinajstić information content (AvgIpc) is 2.41. The third-order valence-corrected chi connectivity index (χ3v) is 3.66. The normalized spacial score (nSPS) is 22.0. The minimum Gasteiger partial charge on any atom is -0.388 e. The maximum absolute atomic E-state index is 11.9. The van der Waals surface area contributed by atoms with E-state index in [0.29, 0.717) is 13.0 Å². The van der Waals surface area contributed by atoms with Crippen LogP contribution in [0.1, 0.15) is 37.9 Å². The minimum absolute atomic E-state index is 0.146. The van der Waals surface area contributed by atoms with Crippen molar-refractivity contribution in [3.8, 4) is 0 Å². The van der Waals surface area contributed by atoms with Crippen molar-refractivity contribution in [3.05, 3.63) is 35.9 Å². The van der Waals surface area contributed by atoms with Crippen molar-refractivity contribution in [1.82, 2.24) is 4.90 Å². The molecule has 2 rings (SSSR count). The predicted molar refractivity (Wildman–Crippen MR) is 71.0 cm³/mol. The molecule has 3 heteroatoms. The van der Waals surface area contributed by atoms with Gasteiger partial charge in [0.1, 0.15) is 0 Å². The number of amides is 1. The number of benzene rings is 1. The molecule has 1 fully saturated rings. The van der Waals surface area contributed by atoms with Gasteiger partial charge in [-0.3, -0.25) is 4.79 Å². The SMILES string of the molecule is CC1CCCN(CCC(O)c2ccccc2)C1=O. The molecule has 1 aromatic rings. The Kier molecular flexibility index (Phi) is 4.37. The number of piperidine rings is 1. The van der Waals surface area contributed by atoms with Crippen LogP contribution in [0, 0.1) is 5.92 Å². The van der Waals surface area contributed by atoms with Crippen molar-refractivity contribution in [3.63, 3.8) is 0 Å². The fraction of sp³-hybridized carbons (Fsp3) is 0.533. The third-order valence-electron chi connectivity index (χ3n) is 3.66. The Labute approximate surface area is 108 Å². The number of hydrogen-bond acceptors (Lipinski definition) is 2. The summed E-state index contributed by atoms with van der Waals surface area (Å²) in [4.78, 5) is 13.8. The first kappa shape index (κ1) is 13.1. The third kappa shape index (κ3) is 3.10. The number of aliphatic hydroxyl groups is 1. The molecule has 1 aliphatic heterocycles. The van der Waals surface area contributed by atoms with Crippen molar-refractivity contribution in [2.45, 2.75) is 32.3 Å². The van der Waals surface area contributed by atoms with Gasteiger partial charge in [0.25, 0.3) is 0 Å². The van der Waals surface area contributed by atoms with Crippen molar-refractivity contribution in [2.75, 3.05) is 13.1 Å². The van der Waals surface area contributed by atoms with E-state index in [0.717, 1.165) is 24.9 Å². The number of rotatable bonds is 4. The van der Waals surface area contributed by atoms with Crippen LogP contribution in [-0.2, 0) is 4.79 Å². The summed E-state index contributed by atoms with van der Waals surface area (Å²) in [5.74, 6) is 0.383. The molecule has 0 spiro atoms. The summed E-state index contributed by atoms with van der Waals surface area (Å²) in [6, 6.07) is 9.63. The van der Waals surface area contributed by atoms with E-state index in [4.69, 9.17) is 0 Å². The van der Waals surface area contributed by atoms with E-state index in [2.05, 4.69) is 0 Å². The van der Waals surface area contributed by atoms with Gasteiger partial charge >= 0.3 is 0 Å². The zero-order valence-electron chi connectivity index (χ0n) is 10.9. The molecule has 98 valence electrons. The number of carbonyl (C=O) groups excluding carboxylic acids is 1. The second kappa shape index (κ2) is 6.01. The Bertz CT molecular complexity index is 391. The van der Waals surface area contributed by atoms with E-state index in [9.17, 15) is 9.90 Å². The molecule has 18 heavy (non-hydrogen) atoms. The maximum atomic E-state index is 11.9. The molecule has 1 aliphatic rings. The van der Waals surface area contributed by atoms with Crippen molar-refractivity contribution < 1.29 is 9.90 Å². The van der Waals surface area contributed by atoms with Crippen LogP contribution in [0.15, 0.2) is 30.3 Å². The van der Waals surface area contributed by atoms with Crippen LogP contribution in [0.5, 0.6) is 0 Å². The molecule has 1 N–H and O–H groups in total. The summed E-state index contributed by atoms with van der Waals surface area (Å²) in [6.07, 6.45) is 2.21. The smallest absolute Gasteiger partial charge is 0.225 e. The number of likely N-dealkylation sites (tertiary alicyclic amines) is 1. The summed E-state index contributed by atoms with van der Waals surface area (Å²) in [5.41, 5.74) is 0.926. The van der Waals surface area contributed by atoms with Crippen LogP contribution in [0.3, 0.4) is 0 Å². The van der Waals surface area contributed by atoms with E-state index in [-0.39, 0.29) is 11.8 Å². The Morgan fingerprint density at radius 3 is 2.83 bits per heavy atom. The molecule has 1 heterocycles. The molecule has 1 amide bonds. The summed E-state index contributed by atoms with van der Waals surface area (Å²) < 4.78 is 0. The van der Waals surface area contributed by atoms with Gasteiger partial charge in [-0.05, 0) is 24.8 Å². The van der Waals surface area contributed by atoms with Gasteiger partial charge in [-0.1, -0.05) is 37.3 Å². The second-order valence-electron chi connectivity index (χ2n) is 5.08. The zero-order valence-corrected chi connectivity index (χ0v) is 10.9. The molecule has 0 aliphatic carbocycles. The van der Waals surface area contributed by atoms with Crippen LogP contribution in [0.2, 0.25) is 0 Å². The first-order valence-corrected chi connectivity index (χ1v) is 6.70. The Hall–Kier alpha value is -1.35. The molecular formula is C15H21NO2. The molecular weight excluding hydrogens is 226 g/mol. The summed E-state index contributed by atoms with van der Waals surface area (Å²) >= 11 is 0. The second-order valence-corrected chi connectivity index (χ2v) is 5.08. The molecule has 2 unspecified atom stereocenters.